The van der Waals surface area contributed by atoms with Crippen molar-refractivity contribution in [2.24, 2.45) is 0 Å². The molecule has 2 atom stereocenters. The van der Waals surface area contributed by atoms with Crippen LogP contribution < -0.4 is 0 Å². The number of rotatable bonds is 5. The summed E-state index contributed by atoms with van der Waals surface area (Å²) in [4.78, 5) is 0. The second-order valence-corrected chi connectivity index (χ2v) is 19.5. The maximum absolute atomic E-state index is 2.50. The minimum atomic E-state index is -0.0620. The fourth-order valence-corrected chi connectivity index (χ4v) is 15.9. The summed E-state index contributed by atoms with van der Waals surface area (Å²) in [5, 5.41) is 1.66. The van der Waals surface area contributed by atoms with Crippen LogP contribution in [0, 0.1) is 0 Å². The van der Waals surface area contributed by atoms with Gasteiger partial charge in [-0.15, -0.1) is 0 Å². The Balaban J connectivity index is 6.21. The molecule has 2 heteroatoms. The van der Waals surface area contributed by atoms with Crippen molar-refractivity contribution in [1.82, 2.24) is 0 Å². The zero-order valence-electron chi connectivity index (χ0n) is 19.5. The smallest absolute Gasteiger partial charge is 0.0134 e. The lowest BCUT2D eigenvalue weighted by Crippen LogP contribution is -2.41. The largest absolute Gasteiger partial charge is 0.0918 e. The molecule has 0 saturated carbocycles. The average Bonchev–Trinajstić information content (AvgIpc) is 2.26. The quantitative estimate of drug-likeness (QED) is 0.422. The van der Waals surface area contributed by atoms with Gasteiger partial charge in [-0.2, -0.15) is 0 Å². The maximum Gasteiger partial charge on any atom is -0.0134 e. The van der Waals surface area contributed by atoms with Crippen LogP contribution in [-0.4, -0.2) is 31.9 Å². The molecule has 0 amide bonds. The predicted octanol–water partition coefficient (Wildman–Crippen LogP) is 8.70. The summed E-state index contributed by atoms with van der Waals surface area (Å²) >= 11 is 0. The van der Waals surface area contributed by atoms with Gasteiger partial charge in [0.15, 0.2) is 0 Å². The molecule has 0 aromatic rings. The molecular formula is C22H48P2. The Kier molecular flexibility index (Phi) is 8.55. The van der Waals surface area contributed by atoms with Crippen molar-refractivity contribution in [2.75, 3.05) is 0 Å². The van der Waals surface area contributed by atoms with Gasteiger partial charge in [-0.05, 0) is 44.8 Å². The zero-order valence-corrected chi connectivity index (χ0v) is 21.3. The first kappa shape index (κ1) is 24.9. The summed E-state index contributed by atoms with van der Waals surface area (Å²) in [6.07, 6.45) is 2.67. The monoisotopic (exact) mass is 374 g/mol. The average molecular weight is 375 g/mol. The standard InChI is InChI=1S/C22H48P2/c1-15-17(23(19(3,4)5)20(6,7)8)18(16-2)24(21(9,10)11)22(12,13)14/h17-18H,15-16H2,1-14H3. The zero-order chi connectivity index (χ0) is 19.7. The SMILES string of the molecule is CCC(C(CC)P(C(C)(C)C)C(C)(C)C)P(C(C)(C)C)C(C)(C)C. The van der Waals surface area contributed by atoms with Gasteiger partial charge in [-0.1, -0.05) is 113 Å². The fraction of sp³-hybridized carbons (Fsp3) is 1.00. The highest BCUT2D eigenvalue weighted by Crippen LogP contribution is 2.72. The van der Waals surface area contributed by atoms with E-state index < -0.39 is 0 Å². The summed E-state index contributed by atoms with van der Waals surface area (Å²) in [5.41, 5.74) is 1.74. The second-order valence-electron chi connectivity index (χ2n) is 11.4. The van der Waals surface area contributed by atoms with E-state index in [4.69, 9.17) is 0 Å². The van der Waals surface area contributed by atoms with Gasteiger partial charge in [0.05, 0.1) is 0 Å². The minimum Gasteiger partial charge on any atom is -0.0918 e. The summed E-state index contributed by atoms with van der Waals surface area (Å²) in [6, 6.07) is 0. The topological polar surface area (TPSA) is 0 Å². The molecule has 0 nitrogen and oxygen atoms in total. The molecule has 0 fully saturated rings. The molecule has 24 heavy (non-hydrogen) atoms. The Morgan fingerprint density at radius 1 is 0.458 bits per heavy atom. The lowest BCUT2D eigenvalue weighted by atomic mass is 10.2. The number of hydrogen-bond donors (Lipinski definition) is 0. The van der Waals surface area contributed by atoms with Crippen LogP contribution in [0.2, 0.25) is 0 Å². The molecule has 2 unspecified atom stereocenters. The molecule has 0 heterocycles. The van der Waals surface area contributed by atoms with E-state index in [1.807, 2.05) is 0 Å². The Hall–Kier alpha value is 0.860. The molecule has 0 spiro atoms. The molecule has 0 saturated heterocycles. The van der Waals surface area contributed by atoms with Crippen molar-refractivity contribution in [3.63, 3.8) is 0 Å². The van der Waals surface area contributed by atoms with Crippen molar-refractivity contribution in [3.05, 3.63) is 0 Å². The Bertz CT molecular complexity index is 305. The van der Waals surface area contributed by atoms with Crippen molar-refractivity contribution in [3.8, 4) is 0 Å². The van der Waals surface area contributed by atoms with Gasteiger partial charge in [0.2, 0.25) is 0 Å². The van der Waals surface area contributed by atoms with Gasteiger partial charge in [-0.3, -0.25) is 0 Å². The maximum atomic E-state index is 2.50. The molecule has 0 bridgehead atoms. The van der Waals surface area contributed by atoms with Crippen LogP contribution >= 0.6 is 15.8 Å². The lowest BCUT2D eigenvalue weighted by Gasteiger charge is -2.55. The first-order valence-corrected chi connectivity index (χ1v) is 12.8. The Morgan fingerprint density at radius 3 is 0.708 bits per heavy atom. The third kappa shape index (κ3) is 6.54. The van der Waals surface area contributed by atoms with E-state index in [0.717, 1.165) is 11.3 Å². The molecule has 0 aromatic heterocycles. The summed E-state index contributed by atoms with van der Waals surface area (Å²) in [7, 11) is -0.124. The first-order valence-electron chi connectivity index (χ1n) is 9.97. The van der Waals surface area contributed by atoms with Gasteiger partial charge in [0, 0.05) is 0 Å². The van der Waals surface area contributed by atoms with E-state index in [-0.39, 0.29) is 15.8 Å². The normalized spacial score (nSPS) is 17.5. The molecule has 0 aliphatic carbocycles. The minimum absolute atomic E-state index is 0.0620. The highest BCUT2D eigenvalue weighted by molar-refractivity contribution is 7.65. The van der Waals surface area contributed by atoms with E-state index in [0.29, 0.717) is 20.6 Å². The van der Waals surface area contributed by atoms with E-state index in [1.54, 1.807) is 0 Å². The highest BCUT2D eigenvalue weighted by Gasteiger charge is 2.48. The third-order valence-electron chi connectivity index (χ3n) is 4.83. The molecule has 0 aliphatic heterocycles. The summed E-state index contributed by atoms with van der Waals surface area (Å²) in [5.74, 6) is 0. The summed E-state index contributed by atoms with van der Waals surface area (Å²) in [6.45, 7) is 34.9. The lowest BCUT2D eigenvalue weighted by molar-refractivity contribution is 0.611. The van der Waals surface area contributed by atoms with E-state index in [2.05, 4.69) is 96.9 Å². The van der Waals surface area contributed by atoms with E-state index in [9.17, 15) is 0 Å². The second kappa shape index (κ2) is 8.26. The van der Waals surface area contributed by atoms with E-state index >= 15 is 0 Å². The van der Waals surface area contributed by atoms with Gasteiger partial charge < -0.3 is 0 Å². The molecular weight excluding hydrogens is 326 g/mol. The third-order valence-corrected chi connectivity index (χ3v) is 13.6. The first-order chi connectivity index (χ1) is 10.4. The molecule has 0 N–H and O–H groups in total. The molecule has 0 rings (SSSR count). The molecule has 0 aliphatic rings. The van der Waals surface area contributed by atoms with Crippen molar-refractivity contribution in [2.45, 2.75) is 142 Å². The van der Waals surface area contributed by atoms with E-state index in [1.165, 1.54) is 12.8 Å². The van der Waals surface area contributed by atoms with Crippen LogP contribution in [-0.2, 0) is 0 Å². The fourth-order valence-electron chi connectivity index (χ4n) is 5.26. The van der Waals surface area contributed by atoms with Gasteiger partial charge in [0.25, 0.3) is 0 Å². The molecule has 0 aromatic carbocycles. The predicted molar refractivity (Wildman–Crippen MR) is 121 cm³/mol. The highest BCUT2D eigenvalue weighted by atomic mass is 31.1. The molecule has 0 radical (unpaired) electrons. The van der Waals surface area contributed by atoms with Crippen LogP contribution in [0.25, 0.3) is 0 Å². The van der Waals surface area contributed by atoms with Crippen LogP contribution in [0.5, 0.6) is 0 Å². The van der Waals surface area contributed by atoms with Crippen LogP contribution in [0.1, 0.15) is 110 Å². The van der Waals surface area contributed by atoms with Crippen molar-refractivity contribution < 1.29 is 0 Å². The Morgan fingerprint density at radius 2 is 0.625 bits per heavy atom. The van der Waals surface area contributed by atoms with Crippen molar-refractivity contribution in [1.29, 1.82) is 0 Å². The van der Waals surface area contributed by atoms with Crippen LogP contribution in [0.3, 0.4) is 0 Å². The van der Waals surface area contributed by atoms with Crippen LogP contribution in [0.4, 0.5) is 0 Å². The number of hydrogen-bond acceptors (Lipinski definition) is 0. The van der Waals surface area contributed by atoms with Gasteiger partial charge in [-0.25, -0.2) is 0 Å². The summed E-state index contributed by atoms with van der Waals surface area (Å²) < 4.78 is 0. The Labute approximate surface area is 157 Å². The van der Waals surface area contributed by atoms with Gasteiger partial charge >= 0.3 is 0 Å². The van der Waals surface area contributed by atoms with Crippen LogP contribution in [0.15, 0.2) is 0 Å². The van der Waals surface area contributed by atoms with Crippen molar-refractivity contribution >= 4 is 15.8 Å². The van der Waals surface area contributed by atoms with Gasteiger partial charge in [0.1, 0.15) is 0 Å². The molecule has 146 valence electrons.